The molecule has 2 atom stereocenters. The first-order chi connectivity index (χ1) is 35.5. The Morgan fingerprint density at radius 1 is 0.562 bits per heavy atom. The number of unbranched alkanes of at least 4 members (excludes halogenated alkanes) is 16. The lowest BCUT2D eigenvalue weighted by atomic mass is 9.93. The van der Waals surface area contributed by atoms with Gasteiger partial charge in [0.2, 0.25) is 0 Å². The van der Waals surface area contributed by atoms with Gasteiger partial charge in [-0.1, -0.05) is 194 Å². The summed E-state index contributed by atoms with van der Waals surface area (Å²) in [5, 5.41) is 1.98. The summed E-state index contributed by atoms with van der Waals surface area (Å²) in [6.07, 6.45) is 30.2. The quantitative estimate of drug-likeness (QED) is 0.0245. The minimum absolute atomic E-state index is 0.0201. The van der Waals surface area contributed by atoms with Crippen molar-refractivity contribution in [2.24, 2.45) is 17.8 Å². The molecular formula is C65H90N2O4S2. The molecule has 6 nitrogen and oxygen atoms in total. The van der Waals surface area contributed by atoms with Crippen LogP contribution in [0.5, 0.6) is 0 Å². The number of hydrogen-bond acceptors (Lipinski definition) is 6. The van der Waals surface area contributed by atoms with Crippen molar-refractivity contribution in [2.75, 3.05) is 30.0 Å². The van der Waals surface area contributed by atoms with Crippen molar-refractivity contribution in [3.8, 4) is 10.4 Å². The largest absolute Gasteiger partial charge is 0.465 e. The molecule has 0 saturated heterocycles. The summed E-state index contributed by atoms with van der Waals surface area (Å²) in [6.45, 7) is 17.0. The van der Waals surface area contributed by atoms with Gasteiger partial charge in [-0.25, -0.2) is 4.79 Å². The molecule has 2 aliphatic rings. The number of benzene rings is 3. The summed E-state index contributed by atoms with van der Waals surface area (Å²) >= 11 is 3.55. The number of carbonyl (C=O) groups is 3. The van der Waals surface area contributed by atoms with Crippen molar-refractivity contribution in [1.29, 1.82) is 0 Å². The summed E-state index contributed by atoms with van der Waals surface area (Å²) < 4.78 is 7.63. The molecule has 8 heteroatoms. The third-order valence-corrected chi connectivity index (χ3v) is 18.3. The van der Waals surface area contributed by atoms with E-state index in [9.17, 15) is 4.79 Å². The van der Waals surface area contributed by atoms with E-state index >= 15 is 9.59 Å². The number of anilines is 2. The zero-order chi connectivity index (χ0) is 51.9. The van der Waals surface area contributed by atoms with Gasteiger partial charge in [-0.05, 0) is 104 Å². The molecule has 3 aromatic carbocycles. The highest BCUT2D eigenvalue weighted by Crippen LogP contribution is 2.50. The Labute approximate surface area is 448 Å². The average Bonchev–Trinajstić information content (AvgIpc) is 4.13. The van der Waals surface area contributed by atoms with Crippen LogP contribution in [0.4, 0.5) is 11.4 Å². The molecule has 0 radical (unpaired) electrons. The Morgan fingerprint density at radius 2 is 1.04 bits per heavy atom. The molecule has 4 heterocycles. The van der Waals surface area contributed by atoms with E-state index in [0.29, 0.717) is 47.6 Å². The fourth-order valence-electron chi connectivity index (χ4n) is 11.7. The molecule has 0 aliphatic carbocycles. The first kappa shape index (κ1) is 56.5. The molecule has 7 rings (SSSR count). The molecule has 0 fully saturated rings. The van der Waals surface area contributed by atoms with Crippen molar-refractivity contribution < 1.29 is 19.1 Å². The second-order valence-corrected chi connectivity index (χ2v) is 24.6. The van der Waals surface area contributed by atoms with Crippen LogP contribution in [0, 0.1) is 24.7 Å². The standard InChI is InChI=1S/C65H90N2O4S2/c1-9-13-17-21-23-27-31-47(29-25-19-15-11-3)43-66-56-38-46(7)33-35-52(56)59(63(66)68)60-53-36-34-49(40-57(53)67(64(60)69)44-48(30-26-20-16-12-4)32-28-24-22-18-14-10-2)58-41-50-39-55(65(70)71-8)54-42-51(37-45(5)6)72-62(54)61(50)73-58/h33-36,38-42,45,47-48H,9-32,37,43-44H2,1-8H3/b60-59+. The first-order valence-electron chi connectivity index (χ1n) is 29.2. The molecule has 2 aromatic heterocycles. The average molecular weight is 1030 g/mol. The Kier molecular flexibility index (Phi) is 21.7. The number of amides is 2. The molecule has 0 saturated carbocycles. The monoisotopic (exact) mass is 1030 g/mol. The number of hydrogen-bond donors (Lipinski definition) is 0. The number of ether oxygens (including phenoxy) is 1. The van der Waals surface area contributed by atoms with Crippen LogP contribution in [0.1, 0.15) is 228 Å². The Morgan fingerprint density at radius 3 is 1.55 bits per heavy atom. The third-order valence-electron chi connectivity index (χ3n) is 15.8. The van der Waals surface area contributed by atoms with Gasteiger partial charge in [0.1, 0.15) is 0 Å². The SMILES string of the molecule is CCCCCCCCC(CCCCCC)CN1C(=O)/C(=C2/C(=O)N(CC(CCCCCC)CCCCCCCC)c3cc(-c4cc5cc(C(=O)OC)c6cc(CC(C)C)sc6c5s4)ccc32)c2ccc(C)cc21. The first-order valence-corrected chi connectivity index (χ1v) is 30.9. The zero-order valence-electron chi connectivity index (χ0n) is 46.4. The van der Waals surface area contributed by atoms with Crippen molar-refractivity contribution >= 4 is 83.2 Å². The van der Waals surface area contributed by atoms with Gasteiger partial charge >= 0.3 is 5.97 Å². The molecule has 2 aliphatic heterocycles. The van der Waals surface area contributed by atoms with E-state index in [0.717, 1.165) is 86.1 Å². The molecule has 0 spiro atoms. The van der Waals surface area contributed by atoms with Crippen molar-refractivity contribution in [3.05, 3.63) is 81.7 Å². The van der Waals surface area contributed by atoms with Crippen LogP contribution >= 0.6 is 22.7 Å². The normalized spacial score (nSPS) is 15.4. The van der Waals surface area contributed by atoms with E-state index in [1.807, 2.05) is 6.07 Å². The summed E-state index contributed by atoms with van der Waals surface area (Å²) in [5.41, 5.74) is 7.55. The lowest BCUT2D eigenvalue weighted by Gasteiger charge is -2.25. The van der Waals surface area contributed by atoms with E-state index in [1.54, 1.807) is 22.7 Å². The molecular weight excluding hydrogens is 937 g/mol. The number of esters is 1. The maximum atomic E-state index is 15.7. The van der Waals surface area contributed by atoms with E-state index < -0.39 is 0 Å². The van der Waals surface area contributed by atoms with Crippen LogP contribution in [0.15, 0.2) is 54.6 Å². The number of thiophene rings is 2. The zero-order valence-corrected chi connectivity index (χ0v) is 48.0. The topological polar surface area (TPSA) is 66.9 Å². The summed E-state index contributed by atoms with van der Waals surface area (Å²) in [4.78, 5) is 51.0. The second-order valence-electron chi connectivity index (χ2n) is 22.4. The minimum atomic E-state index is -0.317. The van der Waals surface area contributed by atoms with Gasteiger partial charge in [-0.2, -0.15) is 0 Å². The van der Waals surface area contributed by atoms with Crippen LogP contribution in [0.3, 0.4) is 0 Å². The number of methoxy groups -OCH3 is 1. The van der Waals surface area contributed by atoms with Crippen LogP contribution < -0.4 is 9.80 Å². The van der Waals surface area contributed by atoms with Crippen LogP contribution in [0.25, 0.3) is 41.8 Å². The molecule has 0 N–H and O–H groups in total. The summed E-state index contributed by atoms with van der Waals surface area (Å²) in [7, 11) is 1.46. The summed E-state index contributed by atoms with van der Waals surface area (Å²) in [5.74, 6) is 0.895. The van der Waals surface area contributed by atoms with Crippen LogP contribution in [-0.2, 0) is 20.7 Å². The molecule has 73 heavy (non-hydrogen) atoms. The molecule has 396 valence electrons. The third kappa shape index (κ3) is 14.2. The van der Waals surface area contributed by atoms with Gasteiger partial charge in [0.25, 0.3) is 11.8 Å². The van der Waals surface area contributed by atoms with Crippen molar-refractivity contribution in [3.63, 3.8) is 0 Å². The highest BCUT2D eigenvalue weighted by Gasteiger charge is 2.43. The van der Waals surface area contributed by atoms with Gasteiger partial charge < -0.3 is 14.5 Å². The number of fused-ring (bicyclic) bond motifs is 5. The Hall–Kier alpha value is -4.27. The lowest BCUT2D eigenvalue weighted by molar-refractivity contribution is -0.114. The van der Waals surface area contributed by atoms with E-state index in [2.05, 4.69) is 107 Å². The predicted molar refractivity (Wildman–Crippen MR) is 316 cm³/mol. The second kappa shape index (κ2) is 28.0. The molecule has 2 amide bonds. The smallest absolute Gasteiger partial charge is 0.338 e. The molecule has 0 bridgehead atoms. The van der Waals surface area contributed by atoms with Crippen LogP contribution in [-0.4, -0.2) is 38.0 Å². The van der Waals surface area contributed by atoms with Gasteiger partial charge in [0.15, 0.2) is 0 Å². The van der Waals surface area contributed by atoms with E-state index in [-0.39, 0.29) is 17.8 Å². The number of carbonyl (C=O) groups excluding carboxylic acids is 3. The lowest BCUT2D eigenvalue weighted by Crippen LogP contribution is -2.34. The van der Waals surface area contributed by atoms with Crippen molar-refractivity contribution in [2.45, 2.75) is 209 Å². The maximum Gasteiger partial charge on any atom is 0.338 e. The van der Waals surface area contributed by atoms with Gasteiger partial charge in [0, 0.05) is 39.4 Å². The maximum absolute atomic E-state index is 15.7. The summed E-state index contributed by atoms with van der Waals surface area (Å²) in [6, 6.07) is 19.4. The number of nitrogens with zero attached hydrogens (tertiary/aromatic N) is 2. The van der Waals surface area contributed by atoms with Gasteiger partial charge in [-0.3, -0.25) is 9.59 Å². The highest BCUT2D eigenvalue weighted by molar-refractivity contribution is 7.29. The fourth-order valence-corrected chi connectivity index (χ4v) is 14.4. The van der Waals surface area contributed by atoms with Crippen LogP contribution in [0.2, 0.25) is 0 Å². The minimum Gasteiger partial charge on any atom is -0.465 e. The van der Waals surface area contributed by atoms with Gasteiger partial charge in [-0.15, -0.1) is 22.7 Å². The molecule has 5 aromatic rings. The Balaban J connectivity index is 1.31. The fraction of sp³-hybridized carbons (Fsp3) is 0.585. The predicted octanol–water partition coefficient (Wildman–Crippen LogP) is 19.4. The van der Waals surface area contributed by atoms with E-state index in [1.165, 1.54) is 145 Å². The van der Waals surface area contributed by atoms with E-state index in [4.69, 9.17) is 4.74 Å². The highest BCUT2D eigenvalue weighted by atomic mass is 32.1. The number of aryl methyl sites for hydroxylation is 1. The Bertz CT molecular complexity index is 2650. The number of rotatable bonds is 32. The molecule has 2 unspecified atom stereocenters. The van der Waals surface area contributed by atoms with Crippen molar-refractivity contribution in [1.82, 2.24) is 0 Å². The van der Waals surface area contributed by atoms with Gasteiger partial charge in [0.05, 0.1) is 44.6 Å².